The Bertz CT molecular complexity index is 757. The standard InChI is InChI=1S/C21H23NO4/c1-3-4-13-22(2)19(23)14-25-21(24)20-15-9-5-7-11-17(15)26-18-12-8-6-10-16(18)20/h5-12,20H,3-4,13-14H2,1-2H3. The first-order valence-electron chi connectivity index (χ1n) is 8.88. The van der Waals surface area contributed by atoms with E-state index in [4.69, 9.17) is 9.47 Å². The first-order chi connectivity index (χ1) is 12.6. The molecule has 136 valence electrons. The zero-order valence-electron chi connectivity index (χ0n) is 15.1. The lowest BCUT2D eigenvalue weighted by molar-refractivity contribution is -0.152. The van der Waals surface area contributed by atoms with Crippen LogP contribution in [0.2, 0.25) is 0 Å². The smallest absolute Gasteiger partial charge is 0.318 e. The molecule has 1 heterocycles. The van der Waals surface area contributed by atoms with E-state index < -0.39 is 11.9 Å². The molecule has 2 aromatic rings. The summed E-state index contributed by atoms with van der Waals surface area (Å²) in [6.45, 7) is 2.48. The van der Waals surface area contributed by atoms with E-state index >= 15 is 0 Å². The number of ether oxygens (including phenoxy) is 2. The molecule has 0 aromatic heterocycles. The first-order valence-corrected chi connectivity index (χ1v) is 8.88. The van der Waals surface area contributed by atoms with E-state index in [9.17, 15) is 9.59 Å². The van der Waals surface area contributed by atoms with Crippen LogP contribution in [0.1, 0.15) is 36.8 Å². The Morgan fingerprint density at radius 2 is 1.62 bits per heavy atom. The van der Waals surface area contributed by atoms with Crippen molar-refractivity contribution >= 4 is 11.9 Å². The molecule has 0 radical (unpaired) electrons. The molecule has 3 rings (SSSR count). The molecular formula is C21H23NO4. The van der Waals surface area contributed by atoms with Crippen LogP contribution in [0, 0.1) is 0 Å². The van der Waals surface area contributed by atoms with Crippen LogP contribution in [0.4, 0.5) is 0 Å². The van der Waals surface area contributed by atoms with Gasteiger partial charge in [-0.15, -0.1) is 0 Å². The predicted molar refractivity (Wildman–Crippen MR) is 98.3 cm³/mol. The van der Waals surface area contributed by atoms with E-state index in [1.54, 1.807) is 11.9 Å². The van der Waals surface area contributed by atoms with E-state index in [1.807, 2.05) is 48.5 Å². The summed E-state index contributed by atoms with van der Waals surface area (Å²) in [5.41, 5.74) is 1.51. The van der Waals surface area contributed by atoms with Gasteiger partial charge in [-0.25, -0.2) is 0 Å². The highest BCUT2D eigenvalue weighted by Gasteiger charge is 2.33. The molecule has 0 fully saturated rings. The number of likely N-dealkylation sites (N-methyl/N-ethyl adjacent to an activating group) is 1. The van der Waals surface area contributed by atoms with Crippen molar-refractivity contribution < 1.29 is 19.1 Å². The minimum absolute atomic E-state index is 0.194. The zero-order chi connectivity index (χ0) is 18.5. The minimum Gasteiger partial charge on any atom is -0.457 e. The quantitative estimate of drug-likeness (QED) is 0.743. The van der Waals surface area contributed by atoms with Gasteiger partial charge in [-0.3, -0.25) is 9.59 Å². The summed E-state index contributed by atoms with van der Waals surface area (Å²) in [6, 6.07) is 14.8. The highest BCUT2D eigenvalue weighted by molar-refractivity contribution is 5.87. The van der Waals surface area contributed by atoms with Crippen LogP contribution in [0.3, 0.4) is 0 Å². The van der Waals surface area contributed by atoms with Gasteiger partial charge >= 0.3 is 5.97 Å². The number of hydrogen-bond acceptors (Lipinski definition) is 4. The number of esters is 1. The van der Waals surface area contributed by atoms with Gasteiger partial charge in [-0.1, -0.05) is 49.7 Å². The highest BCUT2D eigenvalue weighted by Crippen LogP contribution is 2.44. The molecule has 1 aliphatic heterocycles. The number of fused-ring (bicyclic) bond motifs is 2. The van der Waals surface area contributed by atoms with Crippen LogP contribution >= 0.6 is 0 Å². The van der Waals surface area contributed by atoms with E-state index in [-0.39, 0.29) is 12.5 Å². The topological polar surface area (TPSA) is 55.8 Å². The minimum atomic E-state index is -0.593. The molecule has 26 heavy (non-hydrogen) atoms. The largest absolute Gasteiger partial charge is 0.457 e. The molecule has 0 aliphatic carbocycles. The fourth-order valence-electron chi connectivity index (χ4n) is 3.01. The van der Waals surface area contributed by atoms with Gasteiger partial charge in [0.15, 0.2) is 6.61 Å². The molecule has 0 saturated carbocycles. The number of hydrogen-bond donors (Lipinski definition) is 0. The van der Waals surface area contributed by atoms with Crippen LogP contribution in [0.25, 0.3) is 0 Å². The van der Waals surface area contributed by atoms with Gasteiger partial charge in [0.05, 0.1) is 0 Å². The van der Waals surface area contributed by atoms with Gasteiger partial charge < -0.3 is 14.4 Å². The average molecular weight is 353 g/mol. The van der Waals surface area contributed by atoms with Crippen molar-refractivity contribution in [2.24, 2.45) is 0 Å². The second-order valence-electron chi connectivity index (χ2n) is 6.39. The van der Waals surface area contributed by atoms with Crippen molar-refractivity contribution in [2.75, 3.05) is 20.2 Å². The third-order valence-corrected chi connectivity index (χ3v) is 4.53. The number of unbranched alkanes of at least 4 members (excludes halogenated alkanes) is 1. The predicted octanol–water partition coefficient (Wildman–Crippen LogP) is 3.73. The summed E-state index contributed by atoms with van der Waals surface area (Å²) in [5.74, 6) is 0.0508. The number of rotatable bonds is 6. The maximum Gasteiger partial charge on any atom is 0.318 e. The molecule has 0 atom stereocenters. The molecule has 2 aromatic carbocycles. The highest BCUT2D eigenvalue weighted by atomic mass is 16.5. The van der Waals surface area contributed by atoms with Gasteiger partial charge in [-0.05, 0) is 18.6 Å². The normalized spacial score (nSPS) is 12.5. The molecule has 5 heteroatoms. The first kappa shape index (κ1) is 18.0. The Balaban J connectivity index is 1.76. The Hall–Kier alpha value is -2.82. The van der Waals surface area contributed by atoms with Gasteiger partial charge in [0.2, 0.25) is 0 Å². The SMILES string of the molecule is CCCCN(C)C(=O)COC(=O)C1c2ccccc2Oc2ccccc21. The molecule has 1 aliphatic rings. The third kappa shape index (κ3) is 3.72. The summed E-state index contributed by atoms with van der Waals surface area (Å²) in [4.78, 5) is 26.6. The average Bonchev–Trinajstić information content (AvgIpc) is 2.67. The van der Waals surface area contributed by atoms with Crippen LogP contribution in [0.15, 0.2) is 48.5 Å². The monoisotopic (exact) mass is 353 g/mol. The molecular weight excluding hydrogens is 330 g/mol. The summed E-state index contributed by atoms with van der Waals surface area (Å²) >= 11 is 0. The van der Waals surface area contributed by atoms with Crippen molar-refractivity contribution in [1.82, 2.24) is 4.90 Å². The zero-order valence-corrected chi connectivity index (χ0v) is 15.1. The number of nitrogens with zero attached hydrogens (tertiary/aromatic N) is 1. The van der Waals surface area contributed by atoms with E-state index in [1.165, 1.54) is 0 Å². The van der Waals surface area contributed by atoms with Crippen LogP contribution < -0.4 is 4.74 Å². The number of carbonyl (C=O) groups excluding carboxylic acids is 2. The summed E-state index contributed by atoms with van der Waals surface area (Å²) in [5, 5.41) is 0. The lowest BCUT2D eigenvalue weighted by atomic mass is 9.88. The van der Waals surface area contributed by atoms with Gasteiger partial charge in [-0.2, -0.15) is 0 Å². The fourth-order valence-corrected chi connectivity index (χ4v) is 3.01. The Morgan fingerprint density at radius 1 is 1.04 bits per heavy atom. The van der Waals surface area contributed by atoms with Gasteiger partial charge in [0.1, 0.15) is 17.4 Å². The Labute approximate surface area is 153 Å². The van der Waals surface area contributed by atoms with Crippen molar-refractivity contribution in [3.63, 3.8) is 0 Å². The van der Waals surface area contributed by atoms with Crippen molar-refractivity contribution in [2.45, 2.75) is 25.7 Å². The van der Waals surface area contributed by atoms with E-state index in [0.29, 0.717) is 18.0 Å². The summed E-state index contributed by atoms with van der Waals surface area (Å²) < 4.78 is 11.3. The van der Waals surface area contributed by atoms with Crippen molar-refractivity contribution in [1.29, 1.82) is 0 Å². The Morgan fingerprint density at radius 3 is 2.19 bits per heavy atom. The molecule has 1 amide bonds. The second kappa shape index (κ2) is 8.04. The van der Waals surface area contributed by atoms with Crippen LogP contribution in [-0.2, 0) is 14.3 Å². The van der Waals surface area contributed by atoms with Crippen molar-refractivity contribution in [3.05, 3.63) is 59.7 Å². The molecule has 0 spiro atoms. The van der Waals surface area contributed by atoms with Gasteiger partial charge in [0, 0.05) is 24.7 Å². The fraction of sp³-hybridized carbons (Fsp3) is 0.333. The molecule has 0 unspecified atom stereocenters. The van der Waals surface area contributed by atoms with Crippen LogP contribution in [0.5, 0.6) is 11.5 Å². The van der Waals surface area contributed by atoms with Crippen LogP contribution in [-0.4, -0.2) is 37.0 Å². The molecule has 0 saturated heterocycles. The maximum absolute atomic E-state index is 12.8. The van der Waals surface area contributed by atoms with E-state index in [0.717, 1.165) is 24.0 Å². The van der Waals surface area contributed by atoms with Gasteiger partial charge in [0.25, 0.3) is 5.91 Å². The lowest BCUT2D eigenvalue weighted by Crippen LogP contribution is -2.33. The summed E-state index contributed by atoms with van der Waals surface area (Å²) in [7, 11) is 1.73. The van der Waals surface area contributed by atoms with Crippen molar-refractivity contribution in [3.8, 4) is 11.5 Å². The third-order valence-electron chi connectivity index (χ3n) is 4.53. The molecule has 0 bridgehead atoms. The summed E-state index contributed by atoms with van der Waals surface area (Å²) in [6.07, 6.45) is 1.93. The Kier molecular flexibility index (Phi) is 5.56. The van der Waals surface area contributed by atoms with E-state index in [2.05, 4.69) is 6.92 Å². The number of benzene rings is 2. The lowest BCUT2D eigenvalue weighted by Gasteiger charge is -2.27. The molecule has 0 N–H and O–H groups in total. The molecule has 5 nitrogen and oxygen atoms in total. The number of para-hydroxylation sites is 2. The second-order valence-corrected chi connectivity index (χ2v) is 6.39. The maximum atomic E-state index is 12.8. The number of amides is 1. The number of carbonyl (C=O) groups is 2.